The minimum atomic E-state index is -0.768. The Morgan fingerprint density at radius 3 is 2.43 bits per heavy atom. The van der Waals surface area contributed by atoms with Crippen molar-refractivity contribution in [3.05, 3.63) is 41.2 Å². The first-order chi connectivity index (χ1) is 20.7. The number of hydrogen-bond acceptors (Lipinski definition) is 9. The summed E-state index contributed by atoms with van der Waals surface area (Å²) in [5, 5.41) is 17.9. The molecule has 5 rings (SSSR count). The van der Waals surface area contributed by atoms with Crippen LogP contribution >= 0.6 is 11.6 Å². The van der Waals surface area contributed by atoms with Gasteiger partial charge in [0.2, 0.25) is 0 Å². The first-order valence-corrected chi connectivity index (χ1v) is 15.6. The van der Waals surface area contributed by atoms with Gasteiger partial charge in [-0.25, -0.2) is 19.6 Å². The number of piperidine rings is 1. The molecule has 0 saturated carbocycles. The van der Waals surface area contributed by atoms with Gasteiger partial charge in [0.25, 0.3) is 0 Å². The van der Waals surface area contributed by atoms with Crippen molar-refractivity contribution in [2.24, 2.45) is 0 Å². The second-order valence-corrected chi connectivity index (χ2v) is 14.1. The van der Waals surface area contributed by atoms with E-state index >= 15 is 0 Å². The number of anilines is 1. The van der Waals surface area contributed by atoms with Crippen LogP contribution in [0.15, 0.2) is 30.5 Å². The third kappa shape index (κ3) is 7.62. The summed E-state index contributed by atoms with van der Waals surface area (Å²) in [5.74, 6) is 0.261. The second kappa shape index (κ2) is 12.5. The summed E-state index contributed by atoms with van der Waals surface area (Å²) in [6.45, 7) is 12.7. The van der Waals surface area contributed by atoms with E-state index in [0.29, 0.717) is 42.6 Å². The Balaban J connectivity index is 1.38. The van der Waals surface area contributed by atoms with Gasteiger partial charge in [0.05, 0.1) is 16.8 Å². The van der Waals surface area contributed by atoms with E-state index in [1.54, 1.807) is 23.2 Å². The number of rotatable bonds is 6. The zero-order valence-corrected chi connectivity index (χ0v) is 27.0. The number of H-pyrrole nitrogens is 1. The molecular weight excluding hydrogens is 584 g/mol. The molecule has 2 aliphatic rings. The van der Waals surface area contributed by atoms with Crippen LogP contribution in [-0.4, -0.2) is 86.0 Å². The molecule has 3 aromatic rings. The van der Waals surface area contributed by atoms with Gasteiger partial charge in [0.15, 0.2) is 0 Å². The number of nitrogens with one attached hydrogen (secondary N) is 3. The van der Waals surface area contributed by atoms with Crippen LogP contribution in [0.1, 0.15) is 72.4 Å². The van der Waals surface area contributed by atoms with Crippen LogP contribution in [-0.2, 0) is 14.3 Å². The Morgan fingerprint density at radius 1 is 1.09 bits per heavy atom. The van der Waals surface area contributed by atoms with Gasteiger partial charge in [-0.2, -0.15) is 0 Å². The first kappa shape index (κ1) is 32.0. The summed E-state index contributed by atoms with van der Waals surface area (Å²) in [4.78, 5) is 40.4. The van der Waals surface area contributed by atoms with Gasteiger partial charge in [0.1, 0.15) is 28.7 Å². The van der Waals surface area contributed by atoms with Crippen molar-refractivity contribution < 1.29 is 24.2 Å². The number of fused-ring (bicyclic) bond motifs is 1. The summed E-state index contributed by atoms with van der Waals surface area (Å²) < 4.78 is 11.2. The van der Waals surface area contributed by atoms with Crippen LogP contribution in [0, 0.1) is 0 Å². The number of likely N-dealkylation sites (tertiary alicyclic amines) is 1. The molecule has 2 aliphatic heterocycles. The van der Waals surface area contributed by atoms with Crippen LogP contribution in [0.3, 0.4) is 0 Å². The Kier molecular flexibility index (Phi) is 9.11. The number of aromatic amines is 1. The largest absolute Gasteiger partial charge is 0.458 e. The summed E-state index contributed by atoms with van der Waals surface area (Å²) in [6.07, 6.45) is 2.91. The molecule has 3 atom stereocenters. The maximum atomic E-state index is 13.2. The standard InChI is InChI=1S/C32H43ClN6O5/c1-31(2,3)43-29(41)27(24-15-19(40)17-35-24)38-25-8-7-22(33)26(37-25)20-9-12-34-28-21(20)16-23(36-28)18-10-13-39(14-11-18)30(42)44-32(4,5)6/h7-9,12,16,18-19,24,27,35,40H,10-11,13-15,17H2,1-6H3,(H,34,36)(H,37,38)/t19-,24+,27?/m0/s1. The molecule has 0 bridgehead atoms. The van der Waals surface area contributed by atoms with E-state index in [-0.39, 0.29) is 18.1 Å². The number of hydrogen-bond donors (Lipinski definition) is 4. The van der Waals surface area contributed by atoms with Crippen molar-refractivity contribution in [2.45, 2.75) is 96.1 Å². The van der Waals surface area contributed by atoms with Crippen LogP contribution in [0.2, 0.25) is 5.02 Å². The number of aliphatic hydroxyl groups is 1. The Morgan fingerprint density at radius 2 is 1.80 bits per heavy atom. The van der Waals surface area contributed by atoms with Gasteiger partial charge in [-0.15, -0.1) is 0 Å². The van der Waals surface area contributed by atoms with Crippen molar-refractivity contribution in [3.63, 3.8) is 0 Å². The van der Waals surface area contributed by atoms with E-state index in [2.05, 4.69) is 26.7 Å². The average Bonchev–Trinajstić information content (AvgIpc) is 3.57. The van der Waals surface area contributed by atoms with Crippen molar-refractivity contribution >= 4 is 40.5 Å². The third-order valence-corrected chi connectivity index (χ3v) is 8.05. The molecule has 1 amide bonds. The molecule has 1 unspecified atom stereocenters. The molecule has 12 heteroatoms. The van der Waals surface area contributed by atoms with Crippen LogP contribution in [0.5, 0.6) is 0 Å². The van der Waals surface area contributed by atoms with Crippen molar-refractivity contribution in [1.29, 1.82) is 0 Å². The van der Waals surface area contributed by atoms with Crippen molar-refractivity contribution in [3.8, 4) is 11.3 Å². The number of esters is 1. The van der Waals surface area contributed by atoms with Crippen molar-refractivity contribution in [2.75, 3.05) is 25.0 Å². The molecule has 3 aromatic heterocycles. The van der Waals surface area contributed by atoms with Gasteiger partial charge < -0.3 is 35.1 Å². The number of pyridine rings is 2. The zero-order valence-electron chi connectivity index (χ0n) is 26.2. The highest BCUT2D eigenvalue weighted by Crippen LogP contribution is 2.36. The molecule has 11 nitrogen and oxygen atoms in total. The maximum Gasteiger partial charge on any atom is 0.410 e. The lowest BCUT2D eigenvalue weighted by molar-refractivity contribution is -0.156. The molecule has 0 spiro atoms. The molecule has 0 radical (unpaired) electrons. The summed E-state index contributed by atoms with van der Waals surface area (Å²) >= 11 is 6.70. The van der Waals surface area contributed by atoms with Crippen LogP contribution in [0.25, 0.3) is 22.3 Å². The van der Waals surface area contributed by atoms with Gasteiger partial charge in [-0.05, 0) is 85.1 Å². The second-order valence-electron chi connectivity index (χ2n) is 13.7. The number of nitrogens with zero attached hydrogens (tertiary/aromatic N) is 3. The van der Waals surface area contributed by atoms with Gasteiger partial charge in [-0.1, -0.05) is 11.6 Å². The number of ether oxygens (including phenoxy) is 2. The van der Waals surface area contributed by atoms with E-state index in [1.165, 1.54) is 0 Å². The summed E-state index contributed by atoms with van der Waals surface area (Å²) in [6, 6.07) is 6.36. The number of aliphatic hydroxyl groups excluding tert-OH is 1. The van der Waals surface area contributed by atoms with E-state index in [1.807, 2.05) is 47.6 Å². The monoisotopic (exact) mass is 626 g/mol. The fourth-order valence-electron chi connectivity index (χ4n) is 5.73. The van der Waals surface area contributed by atoms with Gasteiger partial charge >= 0.3 is 12.1 Å². The smallest absolute Gasteiger partial charge is 0.410 e. The molecule has 44 heavy (non-hydrogen) atoms. The highest BCUT2D eigenvalue weighted by atomic mass is 35.5. The van der Waals surface area contributed by atoms with Crippen LogP contribution < -0.4 is 10.6 Å². The van der Waals surface area contributed by atoms with Gasteiger partial charge in [-0.3, -0.25) is 0 Å². The van der Waals surface area contributed by atoms with E-state index in [0.717, 1.165) is 35.1 Å². The topological polar surface area (TPSA) is 142 Å². The highest BCUT2D eigenvalue weighted by molar-refractivity contribution is 6.33. The molecule has 5 heterocycles. The van der Waals surface area contributed by atoms with Crippen molar-refractivity contribution in [1.82, 2.24) is 25.2 Å². The maximum absolute atomic E-state index is 13.2. The number of halogens is 1. The molecule has 4 N–H and O–H groups in total. The molecule has 238 valence electrons. The van der Waals surface area contributed by atoms with E-state index < -0.39 is 29.3 Å². The Bertz CT molecular complexity index is 1510. The predicted molar refractivity (Wildman–Crippen MR) is 170 cm³/mol. The molecule has 2 fully saturated rings. The minimum Gasteiger partial charge on any atom is -0.458 e. The quantitative estimate of drug-likeness (QED) is 0.270. The minimum absolute atomic E-state index is 0.232. The number of carbonyl (C=O) groups excluding carboxylic acids is 2. The zero-order chi connectivity index (χ0) is 31.8. The number of carbonyl (C=O) groups is 2. The third-order valence-electron chi connectivity index (χ3n) is 7.75. The first-order valence-electron chi connectivity index (χ1n) is 15.2. The van der Waals surface area contributed by atoms with Crippen LogP contribution in [0.4, 0.5) is 10.6 Å². The lowest BCUT2D eigenvalue weighted by Crippen LogP contribution is -2.48. The number of aromatic nitrogens is 3. The highest BCUT2D eigenvalue weighted by Gasteiger charge is 2.37. The number of amides is 1. The fraction of sp³-hybridized carbons (Fsp3) is 0.562. The molecular formula is C32H43ClN6O5. The average molecular weight is 627 g/mol. The Hall–Kier alpha value is -3.41. The Labute approximate surface area is 263 Å². The normalized spacial score (nSPS) is 20.5. The fourth-order valence-corrected chi connectivity index (χ4v) is 5.94. The molecule has 2 saturated heterocycles. The lowest BCUT2D eigenvalue weighted by atomic mass is 9.93. The van der Waals surface area contributed by atoms with E-state index in [4.69, 9.17) is 26.1 Å². The summed E-state index contributed by atoms with van der Waals surface area (Å²) in [5.41, 5.74) is 1.93. The predicted octanol–water partition coefficient (Wildman–Crippen LogP) is 5.24. The number of β-amino-alcohol motifs (C(OH)–C–C–N with tert-alkyl or cyclic N) is 1. The SMILES string of the molecule is CC(C)(C)OC(=O)C(Nc1ccc(Cl)c(-c2ccnc3[nH]c(C4CCN(C(=O)OC(C)(C)C)CC4)cc23)n1)[C@H]1C[C@H](O)CN1. The molecule has 0 aliphatic carbocycles. The summed E-state index contributed by atoms with van der Waals surface area (Å²) in [7, 11) is 0. The molecule has 0 aromatic carbocycles. The van der Waals surface area contributed by atoms with E-state index in [9.17, 15) is 14.7 Å². The lowest BCUT2D eigenvalue weighted by Gasteiger charge is -2.33. The van der Waals surface area contributed by atoms with Gasteiger partial charge in [0, 0.05) is 54.4 Å².